The number of hydrogen-bond donors (Lipinski definition) is 3. The molecule has 6 heterocycles. The van der Waals surface area contributed by atoms with Crippen LogP contribution >= 0.6 is 0 Å². The number of nitrogens with zero attached hydrogens (tertiary/aromatic N) is 7. The van der Waals surface area contributed by atoms with Crippen molar-refractivity contribution in [1.29, 1.82) is 0 Å². The van der Waals surface area contributed by atoms with Crippen LogP contribution in [-0.2, 0) is 4.74 Å². The highest BCUT2D eigenvalue weighted by molar-refractivity contribution is 5.69. The molecular formula is C33H50N10O2. The molecule has 2 aliphatic rings. The van der Waals surface area contributed by atoms with Gasteiger partial charge in [0.05, 0.1) is 23.5 Å². The topological polar surface area (TPSA) is 126 Å². The molecule has 12 nitrogen and oxygen atoms in total. The number of aryl methyl sites for hydroxylation is 2. The Hall–Kier alpha value is -3.93. The Morgan fingerprint density at radius 1 is 0.844 bits per heavy atom. The molecule has 0 bridgehead atoms. The third kappa shape index (κ3) is 6.85. The maximum atomic E-state index is 12.7. The van der Waals surface area contributed by atoms with Crippen LogP contribution in [0.5, 0.6) is 0 Å². The first-order valence-electron chi connectivity index (χ1n) is 16.2. The van der Waals surface area contributed by atoms with E-state index >= 15 is 0 Å². The monoisotopic (exact) mass is 618 g/mol. The second kappa shape index (κ2) is 13.2. The molecule has 3 N–H and O–H groups in total. The largest absolute Gasteiger partial charge is 0.444 e. The number of aromatic nitrogens is 6. The number of amides is 1. The van der Waals surface area contributed by atoms with Crippen LogP contribution in [0.2, 0.25) is 0 Å². The van der Waals surface area contributed by atoms with E-state index in [1.54, 1.807) is 0 Å². The van der Waals surface area contributed by atoms with Crippen LogP contribution in [0.25, 0.3) is 11.3 Å². The number of carbonyl (C=O) groups is 1. The number of anilines is 2. The minimum absolute atomic E-state index is 0.0781. The van der Waals surface area contributed by atoms with Gasteiger partial charge in [0, 0.05) is 55.3 Å². The zero-order valence-electron chi connectivity index (χ0n) is 28.4. The van der Waals surface area contributed by atoms with Gasteiger partial charge in [-0.25, -0.2) is 14.8 Å². The van der Waals surface area contributed by atoms with Crippen LogP contribution in [0, 0.1) is 27.7 Å². The molecule has 0 unspecified atom stereocenters. The van der Waals surface area contributed by atoms with E-state index in [1.165, 1.54) is 12.8 Å². The molecule has 0 saturated carbocycles. The van der Waals surface area contributed by atoms with Gasteiger partial charge in [-0.3, -0.25) is 4.90 Å². The number of fused-ring (bicyclic) bond motifs is 2. The van der Waals surface area contributed by atoms with E-state index in [4.69, 9.17) is 14.9 Å². The number of piperidine rings is 2. The Balaban J connectivity index is 0.000000186. The number of ether oxygens (including phenoxy) is 1. The van der Waals surface area contributed by atoms with Crippen molar-refractivity contribution in [1.82, 2.24) is 39.4 Å². The fourth-order valence-corrected chi connectivity index (χ4v) is 6.24. The van der Waals surface area contributed by atoms with Gasteiger partial charge in [0.25, 0.3) is 0 Å². The van der Waals surface area contributed by atoms with Crippen molar-refractivity contribution in [2.24, 2.45) is 0 Å². The van der Waals surface area contributed by atoms with Gasteiger partial charge < -0.3 is 20.7 Å². The first kappa shape index (κ1) is 32.5. The zero-order valence-corrected chi connectivity index (χ0v) is 28.4. The molecule has 1 amide bonds. The van der Waals surface area contributed by atoms with Crippen LogP contribution in [0.4, 0.5) is 16.4 Å². The van der Waals surface area contributed by atoms with Crippen molar-refractivity contribution in [3.05, 3.63) is 46.0 Å². The Kier molecular flexibility index (Phi) is 9.52. The van der Waals surface area contributed by atoms with E-state index < -0.39 is 5.60 Å². The molecule has 0 spiro atoms. The summed E-state index contributed by atoms with van der Waals surface area (Å²) in [4.78, 5) is 23.8. The number of rotatable bonds is 4. The fourth-order valence-electron chi connectivity index (χ4n) is 6.24. The van der Waals surface area contributed by atoms with Crippen molar-refractivity contribution in [3.63, 3.8) is 0 Å². The normalized spacial score (nSPS) is 18.9. The van der Waals surface area contributed by atoms with Gasteiger partial charge >= 0.3 is 6.09 Å². The van der Waals surface area contributed by atoms with Crippen LogP contribution < -0.4 is 16.0 Å². The van der Waals surface area contributed by atoms with Gasteiger partial charge in [0.1, 0.15) is 17.2 Å². The molecule has 2 atom stereocenters. The Morgan fingerprint density at radius 2 is 1.40 bits per heavy atom. The molecule has 0 aliphatic carbocycles. The first-order valence-corrected chi connectivity index (χ1v) is 16.2. The van der Waals surface area contributed by atoms with Crippen LogP contribution in [0.3, 0.4) is 0 Å². The summed E-state index contributed by atoms with van der Waals surface area (Å²) >= 11 is 0. The summed E-state index contributed by atoms with van der Waals surface area (Å²) in [5.74, 6) is 1.96. The number of carbonyl (C=O) groups excluding carboxylic acids is 1. The lowest BCUT2D eigenvalue weighted by Gasteiger charge is -2.35. The van der Waals surface area contributed by atoms with Gasteiger partial charge in [0.2, 0.25) is 0 Å². The number of hydrogen-bond acceptors (Lipinski definition) is 9. The number of likely N-dealkylation sites (tertiary alicyclic amines) is 1. The maximum Gasteiger partial charge on any atom is 0.410 e. The van der Waals surface area contributed by atoms with E-state index in [9.17, 15) is 4.79 Å². The van der Waals surface area contributed by atoms with E-state index in [0.29, 0.717) is 12.6 Å². The first-order chi connectivity index (χ1) is 21.4. The lowest BCUT2D eigenvalue weighted by molar-refractivity contribution is 0.00898. The Morgan fingerprint density at radius 3 is 1.93 bits per heavy atom. The van der Waals surface area contributed by atoms with Crippen molar-refractivity contribution in [2.45, 2.75) is 105 Å². The van der Waals surface area contributed by atoms with Crippen molar-refractivity contribution >= 4 is 29.0 Å². The second-order valence-corrected chi connectivity index (χ2v) is 13.2. The summed E-state index contributed by atoms with van der Waals surface area (Å²) < 4.78 is 9.37. The highest BCUT2D eigenvalue weighted by Gasteiger charge is 2.33. The SMILES string of the molecule is CNc1c(C)c(C)nc2cc([C@@H]3CCCCN3)nn12.CNc1c(C)c(C)nc2cc([C@@H]3CCCCN3C(=O)OC(C)(C)C)nn12. The summed E-state index contributed by atoms with van der Waals surface area (Å²) in [6, 6.07) is 4.39. The fraction of sp³-hybridized carbons (Fsp3) is 0.606. The van der Waals surface area contributed by atoms with Crippen LogP contribution in [0.15, 0.2) is 12.1 Å². The molecule has 12 heteroatoms. The van der Waals surface area contributed by atoms with Gasteiger partial charge in [-0.05, 0) is 87.1 Å². The van der Waals surface area contributed by atoms with E-state index in [1.807, 2.05) is 75.6 Å². The summed E-state index contributed by atoms with van der Waals surface area (Å²) in [5.41, 5.74) is 7.44. The van der Waals surface area contributed by atoms with Crippen LogP contribution in [0.1, 0.15) is 105 Å². The zero-order chi connectivity index (χ0) is 32.5. The minimum Gasteiger partial charge on any atom is -0.444 e. The third-order valence-corrected chi connectivity index (χ3v) is 8.82. The summed E-state index contributed by atoms with van der Waals surface area (Å²) in [6.07, 6.45) is 6.38. The van der Waals surface area contributed by atoms with Crippen LogP contribution in [-0.4, -0.2) is 73.0 Å². The predicted octanol–water partition coefficient (Wildman–Crippen LogP) is 6.05. The summed E-state index contributed by atoms with van der Waals surface area (Å²) in [7, 11) is 3.82. The standard InChI is InChI=1S/C19H29N5O2.C14H21N5/c1-12-13(2)21-16-11-14(22-24(16)17(12)20-6)15-9-7-8-10-23(15)18(25)26-19(3,4)5;1-9-10(2)17-13-8-12(11-6-4-5-7-16-11)18-19(13)14(9)15-3/h11,15,20H,7-10H2,1-6H3;8,11,15-16H,4-7H2,1-3H3/t15-;11-/m00/s1. The highest BCUT2D eigenvalue weighted by atomic mass is 16.6. The van der Waals surface area contributed by atoms with Gasteiger partial charge in [-0.15, -0.1) is 0 Å². The van der Waals surface area contributed by atoms with Crippen molar-refractivity contribution in [2.75, 3.05) is 37.8 Å². The lowest BCUT2D eigenvalue weighted by atomic mass is 10.00. The smallest absolute Gasteiger partial charge is 0.410 e. The minimum atomic E-state index is -0.507. The average molecular weight is 619 g/mol. The molecule has 2 fully saturated rings. The van der Waals surface area contributed by atoms with E-state index in [-0.39, 0.29) is 12.1 Å². The molecule has 4 aromatic rings. The lowest BCUT2D eigenvalue weighted by Crippen LogP contribution is -2.42. The molecule has 6 rings (SSSR count). The Bertz CT molecular complexity index is 1660. The van der Waals surface area contributed by atoms with Gasteiger partial charge in [0.15, 0.2) is 11.3 Å². The molecule has 0 radical (unpaired) electrons. The highest BCUT2D eigenvalue weighted by Crippen LogP contribution is 2.33. The van der Waals surface area contributed by atoms with Crippen molar-refractivity contribution < 1.29 is 9.53 Å². The molecule has 2 aliphatic heterocycles. The molecule has 45 heavy (non-hydrogen) atoms. The van der Waals surface area contributed by atoms with Crippen molar-refractivity contribution in [3.8, 4) is 0 Å². The van der Waals surface area contributed by atoms with Gasteiger partial charge in [-0.2, -0.15) is 19.2 Å². The van der Waals surface area contributed by atoms with E-state index in [0.717, 1.165) is 89.1 Å². The second-order valence-electron chi connectivity index (χ2n) is 13.2. The Labute approximate surface area is 266 Å². The molecule has 4 aromatic heterocycles. The van der Waals surface area contributed by atoms with Gasteiger partial charge in [-0.1, -0.05) is 6.42 Å². The average Bonchev–Trinajstić information content (AvgIpc) is 3.63. The molecule has 0 aromatic carbocycles. The summed E-state index contributed by atoms with van der Waals surface area (Å²) in [5, 5.41) is 19.5. The molecule has 2 saturated heterocycles. The van der Waals surface area contributed by atoms with E-state index in [2.05, 4.69) is 38.9 Å². The molecule has 244 valence electrons. The maximum absolute atomic E-state index is 12.7. The summed E-state index contributed by atoms with van der Waals surface area (Å²) in [6.45, 7) is 15.6. The third-order valence-electron chi connectivity index (χ3n) is 8.82. The molecular weight excluding hydrogens is 568 g/mol. The quantitative estimate of drug-likeness (QED) is 0.250. The number of nitrogens with one attached hydrogen (secondary N) is 3. The predicted molar refractivity (Wildman–Crippen MR) is 178 cm³/mol.